The summed E-state index contributed by atoms with van der Waals surface area (Å²) >= 11 is 0. The Bertz CT molecular complexity index is 378. The van der Waals surface area contributed by atoms with Crippen LogP contribution in [0.15, 0.2) is 36.9 Å². The van der Waals surface area contributed by atoms with E-state index in [1.54, 1.807) is 0 Å². The average Bonchev–Trinajstić information content (AvgIpc) is 2.43. The Morgan fingerprint density at radius 1 is 1.22 bits per heavy atom. The van der Waals surface area contributed by atoms with E-state index < -0.39 is 0 Å². The highest BCUT2D eigenvalue weighted by molar-refractivity contribution is 5.80. The smallest absolute Gasteiger partial charge is 0.135 e. The Labute approximate surface area is 111 Å². The van der Waals surface area contributed by atoms with Gasteiger partial charge in [-0.1, -0.05) is 57.2 Å². The largest absolute Gasteiger partial charge is 0.299 e. The van der Waals surface area contributed by atoms with Gasteiger partial charge >= 0.3 is 0 Å². The summed E-state index contributed by atoms with van der Waals surface area (Å²) in [5.41, 5.74) is 2.43. The van der Waals surface area contributed by atoms with Crippen LogP contribution in [0.3, 0.4) is 0 Å². The molecule has 1 aromatic rings. The van der Waals surface area contributed by atoms with Crippen LogP contribution in [0.25, 0.3) is 5.57 Å². The van der Waals surface area contributed by atoms with Crippen molar-refractivity contribution in [3.63, 3.8) is 0 Å². The molecule has 1 aromatic carbocycles. The van der Waals surface area contributed by atoms with Gasteiger partial charge in [-0.25, -0.2) is 0 Å². The van der Waals surface area contributed by atoms with Crippen LogP contribution < -0.4 is 0 Å². The maximum Gasteiger partial charge on any atom is 0.135 e. The van der Waals surface area contributed by atoms with Crippen LogP contribution in [-0.4, -0.2) is 5.78 Å². The second-order valence-corrected chi connectivity index (χ2v) is 4.94. The number of Topliss-reactive ketones (excluding diaryl/α,β-unsaturated/α-hetero) is 1. The number of ketones is 1. The van der Waals surface area contributed by atoms with Gasteiger partial charge in [0.05, 0.1) is 0 Å². The Morgan fingerprint density at radius 3 is 2.50 bits per heavy atom. The van der Waals surface area contributed by atoms with Gasteiger partial charge in [0.15, 0.2) is 0 Å². The Kier molecular flexibility index (Phi) is 6.42. The minimum absolute atomic E-state index is 0.222. The second-order valence-electron chi connectivity index (χ2n) is 4.94. The molecule has 18 heavy (non-hydrogen) atoms. The van der Waals surface area contributed by atoms with E-state index in [4.69, 9.17) is 0 Å². The van der Waals surface area contributed by atoms with Crippen molar-refractivity contribution in [2.75, 3.05) is 0 Å². The molecule has 98 valence electrons. The fourth-order valence-corrected chi connectivity index (χ4v) is 2.12. The number of carbonyl (C=O) groups excluding carboxylic acids is 1. The highest BCUT2D eigenvalue weighted by Gasteiger charge is 2.09. The maximum atomic E-state index is 11.4. The average molecular weight is 244 g/mol. The fraction of sp³-hybridized carbons (Fsp3) is 0.471. The summed E-state index contributed by atoms with van der Waals surface area (Å²) in [5.74, 6) is 0.608. The summed E-state index contributed by atoms with van der Waals surface area (Å²) in [5, 5.41) is 0. The fourth-order valence-electron chi connectivity index (χ4n) is 2.12. The van der Waals surface area contributed by atoms with Crippen molar-refractivity contribution in [2.45, 2.75) is 46.0 Å². The van der Waals surface area contributed by atoms with Gasteiger partial charge in [0.2, 0.25) is 0 Å². The van der Waals surface area contributed by atoms with E-state index in [1.165, 1.54) is 11.1 Å². The molecule has 0 radical (unpaired) electrons. The lowest BCUT2D eigenvalue weighted by Crippen LogP contribution is -2.08. The summed E-state index contributed by atoms with van der Waals surface area (Å²) in [6.45, 7) is 8.11. The van der Waals surface area contributed by atoms with E-state index in [0.717, 1.165) is 25.7 Å². The molecule has 1 unspecified atom stereocenters. The summed E-state index contributed by atoms with van der Waals surface area (Å²) < 4.78 is 0. The van der Waals surface area contributed by atoms with E-state index in [0.29, 0.717) is 12.2 Å². The molecule has 1 atom stereocenters. The minimum Gasteiger partial charge on any atom is -0.299 e. The van der Waals surface area contributed by atoms with Gasteiger partial charge in [0.1, 0.15) is 5.78 Å². The van der Waals surface area contributed by atoms with Crippen LogP contribution in [0.2, 0.25) is 0 Å². The topological polar surface area (TPSA) is 17.1 Å². The highest BCUT2D eigenvalue weighted by Crippen LogP contribution is 2.20. The molecule has 0 saturated carbocycles. The predicted octanol–water partition coefficient (Wildman–Crippen LogP) is 4.88. The number of allylic oxidation sites excluding steroid dienone is 1. The summed E-state index contributed by atoms with van der Waals surface area (Å²) in [4.78, 5) is 11.4. The van der Waals surface area contributed by atoms with E-state index in [9.17, 15) is 4.79 Å². The number of hydrogen-bond acceptors (Lipinski definition) is 1. The van der Waals surface area contributed by atoms with Crippen LogP contribution in [0, 0.1) is 5.92 Å². The number of benzene rings is 1. The summed E-state index contributed by atoms with van der Waals surface area (Å²) in [7, 11) is 0. The van der Waals surface area contributed by atoms with Crippen molar-refractivity contribution < 1.29 is 4.79 Å². The zero-order valence-electron chi connectivity index (χ0n) is 11.6. The van der Waals surface area contributed by atoms with Crippen LogP contribution in [-0.2, 0) is 4.79 Å². The first-order valence-corrected chi connectivity index (χ1v) is 6.91. The zero-order valence-corrected chi connectivity index (χ0v) is 11.6. The highest BCUT2D eigenvalue weighted by atomic mass is 16.1. The molecule has 0 amide bonds. The van der Waals surface area contributed by atoms with Crippen molar-refractivity contribution in [3.8, 4) is 0 Å². The Balaban J connectivity index is 2.23. The molecule has 0 bridgehead atoms. The van der Waals surface area contributed by atoms with Gasteiger partial charge in [-0.2, -0.15) is 0 Å². The summed E-state index contributed by atoms with van der Waals surface area (Å²) in [6.07, 6.45) is 4.93. The predicted molar refractivity (Wildman–Crippen MR) is 78.4 cm³/mol. The monoisotopic (exact) mass is 244 g/mol. The number of hydrogen-bond donors (Lipinski definition) is 0. The lowest BCUT2D eigenvalue weighted by molar-refractivity contribution is -0.122. The zero-order chi connectivity index (χ0) is 13.4. The Hall–Kier alpha value is -1.37. The van der Waals surface area contributed by atoms with E-state index in [2.05, 4.69) is 18.7 Å². The second kappa shape index (κ2) is 7.86. The minimum atomic E-state index is 0.222. The molecule has 0 heterocycles. The molecule has 1 rings (SSSR count). The molecule has 0 aliphatic rings. The molecule has 0 aliphatic heterocycles. The lowest BCUT2D eigenvalue weighted by Gasteiger charge is -2.09. The van der Waals surface area contributed by atoms with Crippen molar-refractivity contribution in [3.05, 3.63) is 42.5 Å². The number of rotatable bonds is 8. The quantitative estimate of drug-likeness (QED) is 0.596. The van der Waals surface area contributed by atoms with E-state index in [1.807, 2.05) is 32.0 Å². The van der Waals surface area contributed by atoms with Crippen molar-refractivity contribution >= 4 is 11.4 Å². The third-order valence-corrected chi connectivity index (χ3v) is 3.45. The standard InChI is InChI=1S/C17H24O/c1-4-17(18)15(3)11-9-8-10-14(2)16-12-6-5-7-13-16/h5-7,12-13,15H,2,4,8-11H2,1,3H3. The van der Waals surface area contributed by atoms with Crippen molar-refractivity contribution in [1.29, 1.82) is 0 Å². The van der Waals surface area contributed by atoms with Gasteiger partial charge in [0.25, 0.3) is 0 Å². The molecule has 0 aromatic heterocycles. The van der Waals surface area contributed by atoms with Crippen molar-refractivity contribution in [1.82, 2.24) is 0 Å². The van der Waals surface area contributed by atoms with Crippen molar-refractivity contribution in [2.24, 2.45) is 5.92 Å². The van der Waals surface area contributed by atoms with E-state index in [-0.39, 0.29) is 5.92 Å². The van der Waals surface area contributed by atoms with Crippen LogP contribution in [0.4, 0.5) is 0 Å². The first kappa shape index (κ1) is 14.7. The summed E-state index contributed by atoms with van der Waals surface area (Å²) in [6, 6.07) is 10.3. The first-order chi connectivity index (χ1) is 8.65. The first-order valence-electron chi connectivity index (χ1n) is 6.91. The van der Waals surface area contributed by atoms with Crippen LogP contribution in [0.5, 0.6) is 0 Å². The third kappa shape index (κ3) is 4.87. The molecule has 0 spiro atoms. The SMILES string of the molecule is C=C(CCCCC(C)C(=O)CC)c1ccccc1. The normalized spacial score (nSPS) is 12.1. The van der Waals surface area contributed by atoms with Gasteiger partial charge in [-0.05, 0) is 30.4 Å². The third-order valence-electron chi connectivity index (χ3n) is 3.45. The number of unbranched alkanes of at least 4 members (excludes halogenated alkanes) is 1. The molecular formula is C17H24O. The van der Waals surface area contributed by atoms with E-state index >= 15 is 0 Å². The van der Waals surface area contributed by atoms with Gasteiger partial charge in [-0.15, -0.1) is 0 Å². The Morgan fingerprint density at radius 2 is 1.89 bits per heavy atom. The van der Waals surface area contributed by atoms with Gasteiger partial charge in [0, 0.05) is 12.3 Å². The van der Waals surface area contributed by atoms with Crippen LogP contribution in [0.1, 0.15) is 51.5 Å². The molecule has 0 saturated heterocycles. The maximum absolute atomic E-state index is 11.4. The molecule has 1 heteroatoms. The molecule has 0 aliphatic carbocycles. The molecule has 0 fully saturated rings. The number of carbonyl (C=O) groups is 1. The molecular weight excluding hydrogens is 220 g/mol. The molecule has 1 nitrogen and oxygen atoms in total. The molecule has 0 N–H and O–H groups in total. The lowest BCUT2D eigenvalue weighted by atomic mass is 9.95. The van der Waals surface area contributed by atoms with Crippen LogP contribution >= 0.6 is 0 Å². The van der Waals surface area contributed by atoms with Gasteiger partial charge < -0.3 is 0 Å². The van der Waals surface area contributed by atoms with Gasteiger partial charge in [-0.3, -0.25) is 4.79 Å².